The SMILES string of the molecule is CN(CCCNc1cc(-c2ccccc2Cl)nc2c(Br)cnn12)Cc1ccc2c(c1)OCO2. The van der Waals surface area contributed by atoms with Gasteiger partial charge in [-0.15, -0.1) is 0 Å². The van der Waals surface area contributed by atoms with Crippen LogP contribution in [0.3, 0.4) is 0 Å². The first kappa shape index (κ1) is 22.0. The molecule has 1 aliphatic heterocycles. The van der Waals surface area contributed by atoms with Crippen LogP contribution in [0.15, 0.2) is 59.2 Å². The number of hydrogen-bond donors (Lipinski definition) is 1. The lowest BCUT2D eigenvalue weighted by Gasteiger charge is -2.17. The van der Waals surface area contributed by atoms with Gasteiger partial charge in [0.05, 0.1) is 16.4 Å². The Morgan fingerprint density at radius 2 is 2.00 bits per heavy atom. The number of fused-ring (bicyclic) bond motifs is 2. The van der Waals surface area contributed by atoms with E-state index in [0.29, 0.717) is 11.8 Å². The Kier molecular flexibility index (Phi) is 6.39. The second kappa shape index (κ2) is 9.59. The number of rotatable bonds is 8. The zero-order valence-corrected chi connectivity index (χ0v) is 20.4. The average molecular weight is 529 g/mol. The number of anilines is 1. The summed E-state index contributed by atoms with van der Waals surface area (Å²) in [6.45, 7) is 2.88. The highest BCUT2D eigenvalue weighted by Crippen LogP contribution is 2.33. The van der Waals surface area contributed by atoms with Gasteiger partial charge >= 0.3 is 0 Å². The van der Waals surface area contributed by atoms with Gasteiger partial charge in [0, 0.05) is 29.7 Å². The van der Waals surface area contributed by atoms with E-state index in [1.54, 1.807) is 10.7 Å². The lowest BCUT2D eigenvalue weighted by atomic mass is 10.1. The van der Waals surface area contributed by atoms with Crippen LogP contribution in [0.25, 0.3) is 16.9 Å². The fourth-order valence-electron chi connectivity index (χ4n) is 3.86. The Morgan fingerprint density at radius 3 is 2.88 bits per heavy atom. The van der Waals surface area contributed by atoms with Crippen molar-refractivity contribution in [3.63, 3.8) is 0 Å². The molecule has 7 nitrogen and oxygen atoms in total. The van der Waals surface area contributed by atoms with Gasteiger partial charge in [-0.05, 0) is 59.7 Å². The first-order chi connectivity index (χ1) is 16.1. The molecule has 0 amide bonds. The Bertz CT molecular complexity index is 1300. The molecule has 1 aliphatic rings. The van der Waals surface area contributed by atoms with Crippen LogP contribution in [0.5, 0.6) is 11.5 Å². The smallest absolute Gasteiger partial charge is 0.231 e. The standard InChI is InChI=1S/C24H23BrClN5O2/c1-30(14-16-7-8-21-22(11-16)33-15-32-21)10-4-9-27-23-12-20(17-5-2-3-6-19(17)26)29-24-18(25)13-28-31(23)24/h2-3,5-8,11-13,27H,4,9-10,14-15H2,1H3. The van der Waals surface area contributed by atoms with Crippen LogP contribution in [0.2, 0.25) is 5.02 Å². The summed E-state index contributed by atoms with van der Waals surface area (Å²) in [5.41, 5.74) is 3.64. The third-order valence-corrected chi connectivity index (χ3v) is 6.38. The summed E-state index contributed by atoms with van der Waals surface area (Å²) in [5, 5.41) is 8.64. The molecule has 0 fully saturated rings. The molecule has 9 heteroatoms. The van der Waals surface area contributed by atoms with Crippen molar-refractivity contribution in [1.29, 1.82) is 0 Å². The highest BCUT2D eigenvalue weighted by Gasteiger charge is 2.15. The Balaban J connectivity index is 1.23. The van der Waals surface area contributed by atoms with Gasteiger partial charge in [-0.25, -0.2) is 4.98 Å². The van der Waals surface area contributed by atoms with Crippen LogP contribution in [0, 0.1) is 0 Å². The lowest BCUT2D eigenvalue weighted by molar-refractivity contribution is 0.174. The van der Waals surface area contributed by atoms with Crippen molar-refractivity contribution >= 4 is 39.0 Å². The summed E-state index contributed by atoms with van der Waals surface area (Å²) in [6, 6.07) is 15.8. The normalized spacial score (nSPS) is 12.6. The van der Waals surface area contributed by atoms with Gasteiger partial charge in [0.25, 0.3) is 0 Å². The molecule has 4 aromatic rings. The number of nitrogens with zero attached hydrogens (tertiary/aromatic N) is 4. The molecule has 0 bridgehead atoms. The number of aromatic nitrogens is 3. The van der Waals surface area contributed by atoms with E-state index >= 15 is 0 Å². The van der Waals surface area contributed by atoms with Gasteiger partial charge in [-0.1, -0.05) is 35.9 Å². The second-order valence-corrected chi connectivity index (χ2v) is 9.20. The lowest BCUT2D eigenvalue weighted by Crippen LogP contribution is -2.21. The molecule has 1 N–H and O–H groups in total. The summed E-state index contributed by atoms with van der Waals surface area (Å²) < 4.78 is 13.5. The van der Waals surface area contributed by atoms with E-state index in [2.05, 4.69) is 50.4 Å². The highest BCUT2D eigenvalue weighted by atomic mass is 79.9. The minimum Gasteiger partial charge on any atom is -0.454 e. The second-order valence-electron chi connectivity index (χ2n) is 7.94. The zero-order valence-electron chi connectivity index (χ0n) is 18.1. The van der Waals surface area contributed by atoms with Crippen LogP contribution < -0.4 is 14.8 Å². The molecular weight excluding hydrogens is 506 g/mol. The molecular formula is C24H23BrClN5O2. The van der Waals surface area contributed by atoms with Crippen LogP contribution in [-0.4, -0.2) is 46.4 Å². The van der Waals surface area contributed by atoms with Crippen LogP contribution in [0.4, 0.5) is 5.82 Å². The summed E-state index contributed by atoms with van der Waals surface area (Å²) in [4.78, 5) is 7.05. The Hall–Kier alpha value is -2.81. The van der Waals surface area contributed by atoms with Gasteiger partial charge < -0.3 is 19.7 Å². The topological polar surface area (TPSA) is 63.9 Å². The summed E-state index contributed by atoms with van der Waals surface area (Å²) in [5.74, 6) is 2.51. The van der Waals surface area contributed by atoms with Gasteiger partial charge in [0.1, 0.15) is 5.82 Å². The van der Waals surface area contributed by atoms with Crippen molar-refractivity contribution < 1.29 is 9.47 Å². The average Bonchev–Trinajstić information content (AvgIpc) is 3.43. The predicted molar refractivity (Wildman–Crippen MR) is 133 cm³/mol. The molecule has 0 unspecified atom stereocenters. The number of halogens is 2. The van der Waals surface area contributed by atoms with E-state index in [-0.39, 0.29) is 0 Å². The molecule has 2 aromatic heterocycles. The number of hydrogen-bond acceptors (Lipinski definition) is 6. The quantitative estimate of drug-likeness (QED) is 0.306. The summed E-state index contributed by atoms with van der Waals surface area (Å²) >= 11 is 9.97. The molecule has 5 rings (SSSR count). The van der Waals surface area contributed by atoms with Crippen molar-refractivity contribution in [3.05, 3.63) is 69.8 Å². The van der Waals surface area contributed by atoms with Crippen molar-refractivity contribution in [2.45, 2.75) is 13.0 Å². The minimum absolute atomic E-state index is 0.299. The monoisotopic (exact) mass is 527 g/mol. The maximum atomic E-state index is 6.42. The molecule has 0 saturated carbocycles. The molecule has 0 radical (unpaired) electrons. The number of nitrogens with one attached hydrogen (secondary N) is 1. The predicted octanol–water partition coefficient (Wildman–Crippen LogP) is 5.47. The van der Waals surface area contributed by atoms with Crippen molar-refractivity contribution in [1.82, 2.24) is 19.5 Å². The van der Waals surface area contributed by atoms with Crippen LogP contribution >= 0.6 is 27.5 Å². The van der Waals surface area contributed by atoms with Gasteiger partial charge in [-0.3, -0.25) is 0 Å². The van der Waals surface area contributed by atoms with Crippen molar-refractivity contribution in [3.8, 4) is 22.8 Å². The first-order valence-electron chi connectivity index (χ1n) is 10.7. The maximum Gasteiger partial charge on any atom is 0.231 e. The Labute approximate surface area is 205 Å². The molecule has 2 aromatic carbocycles. The fourth-order valence-corrected chi connectivity index (χ4v) is 4.45. The summed E-state index contributed by atoms with van der Waals surface area (Å²) in [7, 11) is 2.12. The molecule has 0 atom stereocenters. The first-order valence-corrected chi connectivity index (χ1v) is 11.9. The Morgan fingerprint density at radius 1 is 1.15 bits per heavy atom. The van der Waals surface area contributed by atoms with Crippen molar-refractivity contribution in [2.24, 2.45) is 0 Å². The van der Waals surface area contributed by atoms with Crippen LogP contribution in [-0.2, 0) is 6.54 Å². The van der Waals surface area contributed by atoms with E-state index in [4.69, 9.17) is 26.1 Å². The van der Waals surface area contributed by atoms with E-state index in [0.717, 1.165) is 64.7 Å². The highest BCUT2D eigenvalue weighted by molar-refractivity contribution is 9.10. The largest absolute Gasteiger partial charge is 0.454 e. The molecule has 170 valence electrons. The van der Waals surface area contributed by atoms with Gasteiger partial charge in [0.15, 0.2) is 17.1 Å². The van der Waals surface area contributed by atoms with E-state index in [1.165, 1.54) is 5.56 Å². The fraction of sp³-hybridized carbons (Fsp3) is 0.250. The van der Waals surface area contributed by atoms with E-state index < -0.39 is 0 Å². The minimum atomic E-state index is 0.299. The molecule has 0 aliphatic carbocycles. The summed E-state index contributed by atoms with van der Waals surface area (Å²) in [6.07, 6.45) is 2.72. The molecule has 3 heterocycles. The molecule has 0 spiro atoms. The number of benzene rings is 2. The van der Waals surface area contributed by atoms with Gasteiger partial charge in [-0.2, -0.15) is 9.61 Å². The maximum absolute atomic E-state index is 6.42. The van der Waals surface area contributed by atoms with Gasteiger partial charge in [0.2, 0.25) is 6.79 Å². The third-order valence-electron chi connectivity index (χ3n) is 5.49. The molecule has 0 saturated heterocycles. The van der Waals surface area contributed by atoms with Crippen molar-refractivity contribution in [2.75, 3.05) is 32.2 Å². The molecule has 33 heavy (non-hydrogen) atoms. The third kappa shape index (κ3) is 4.78. The zero-order chi connectivity index (χ0) is 22.8. The number of ether oxygens (including phenoxy) is 2. The van der Waals surface area contributed by atoms with E-state index in [9.17, 15) is 0 Å². The van der Waals surface area contributed by atoms with E-state index in [1.807, 2.05) is 36.4 Å². The van der Waals surface area contributed by atoms with Crippen LogP contribution in [0.1, 0.15) is 12.0 Å².